The lowest BCUT2D eigenvalue weighted by Gasteiger charge is -2.12. The molecule has 1 aromatic heterocycles. The number of halogens is 1. The number of hydrogen-bond acceptors (Lipinski definition) is 3. The van der Waals surface area contributed by atoms with Crippen LogP contribution in [0.3, 0.4) is 0 Å². The van der Waals surface area contributed by atoms with Crippen LogP contribution >= 0.6 is 24.0 Å². The number of benzene rings is 2. The molecule has 1 heterocycles. The highest BCUT2D eigenvalue weighted by Crippen LogP contribution is 2.15. The lowest BCUT2D eigenvalue weighted by atomic mass is 10.2. The van der Waals surface area contributed by atoms with Crippen LogP contribution in [0.25, 0.3) is 11.3 Å². The summed E-state index contributed by atoms with van der Waals surface area (Å²) < 4.78 is 5.71. The summed E-state index contributed by atoms with van der Waals surface area (Å²) in [5.74, 6) is 2.43. The van der Waals surface area contributed by atoms with Crippen molar-refractivity contribution in [2.24, 2.45) is 4.99 Å². The second-order valence-corrected chi connectivity index (χ2v) is 6.12. The van der Waals surface area contributed by atoms with Gasteiger partial charge in [0.1, 0.15) is 18.2 Å². The van der Waals surface area contributed by atoms with Crippen LogP contribution in [-0.4, -0.2) is 36.1 Å². The number of ether oxygens (including phenoxy) is 1. The average molecular weight is 491 g/mol. The molecular formula is C21H26IN5O. The summed E-state index contributed by atoms with van der Waals surface area (Å²) in [4.78, 5) is 12.0. The third kappa shape index (κ3) is 6.56. The molecule has 0 unspecified atom stereocenters. The molecule has 28 heavy (non-hydrogen) atoms. The van der Waals surface area contributed by atoms with Gasteiger partial charge >= 0.3 is 0 Å². The molecule has 0 spiro atoms. The topological polar surface area (TPSA) is 74.3 Å². The van der Waals surface area contributed by atoms with E-state index < -0.39 is 0 Å². The molecule has 2 aromatic carbocycles. The Kier molecular flexibility index (Phi) is 8.80. The molecule has 0 saturated heterocycles. The lowest BCUT2D eigenvalue weighted by Crippen LogP contribution is -2.39. The van der Waals surface area contributed by atoms with E-state index in [2.05, 4.69) is 44.7 Å². The van der Waals surface area contributed by atoms with E-state index in [1.807, 2.05) is 48.7 Å². The van der Waals surface area contributed by atoms with Crippen molar-refractivity contribution in [1.82, 2.24) is 20.6 Å². The van der Waals surface area contributed by atoms with Crippen molar-refractivity contribution in [3.8, 4) is 17.0 Å². The van der Waals surface area contributed by atoms with Crippen LogP contribution < -0.4 is 15.4 Å². The smallest absolute Gasteiger partial charge is 0.191 e. The van der Waals surface area contributed by atoms with Crippen molar-refractivity contribution in [3.63, 3.8) is 0 Å². The number of nitrogens with one attached hydrogen (secondary N) is 3. The van der Waals surface area contributed by atoms with Crippen LogP contribution in [0, 0.1) is 6.92 Å². The Balaban J connectivity index is 0.00000280. The Hall–Kier alpha value is -2.55. The summed E-state index contributed by atoms with van der Waals surface area (Å²) in [6, 6.07) is 18.2. The lowest BCUT2D eigenvalue weighted by molar-refractivity contribution is 0.322. The van der Waals surface area contributed by atoms with Crippen molar-refractivity contribution in [2.75, 3.05) is 20.2 Å². The first-order chi connectivity index (χ1) is 13.2. The molecule has 0 radical (unpaired) electrons. The maximum Gasteiger partial charge on any atom is 0.191 e. The van der Waals surface area contributed by atoms with Gasteiger partial charge in [-0.25, -0.2) is 4.98 Å². The van der Waals surface area contributed by atoms with Gasteiger partial charge in [-0.2, -0.15) is 0 Å². The standard InChI is InChI=1S/C21H25N5O.HI/c1-16-8-10-18(11-9-16)27-13-12-23-21(22-2)25-15-20-24-14-19(26-20)17-6-4-3-5-7-17;/h3-11,14H,12-13,15H2,1-2H3,(H,24,26)(H2,22,23,25);1H. The van der Waals surface area contributed by atoms with Gasteiger partial charge in [0.2, 0.25) is 0 Å². The quantitative estimate of drug-likeness (QED) is 0.204. The summed E-state index contributed by atoms with van der Waals surface area (Å²) in [5, 5.41) is 6.48. The zero-order valence-electron chi connectivity index (χ0n) is 16.1. The minimum Gasteiger partial charge on any atom is -0.492 e. The van der Waals surface area contributed by atoms with Crippen LogP contribution in [-0.2, 0) is 6.54 Å². The molecule has 148 valence electrons. The van der Waals surface area contributed by atoms with Gasteiger partial charge in [0, 0.05) is 7.05 Å². The van der Waals surface area contributed by atoms with E-state index in [0.29, 0.717) is 25.7 Å². The summed E-state index contributed by atoms with van der Waals surface area (Å²) in [6.45, 7) is 3.83. The molecule has 0 aliphatic heterocycles. The largest absolute Gasteiger partial charge is 0.492 e. The van der Waals surface area contributed by atoms with E-state index in [1.54, 1.807) is 7.05 Å². The van der Waals surface area contributed by atoms with Gasteiger partial charge < -0.3 is 20.4 Å². The molecule has 7 heteroatoms. The van der Waals surface area contributed by atoms with E-state index in [-0.39, 0.29) is 24.0 Å². The first-order valence-corrected chi connectivity index (χ1v) is 8.98. The second-order valence-electron chi connectivity index (χ2n) is 6.12. The Bertz CT molecular complexity index is 862. The second kappa shape index (κ2) is 11.3. The predicted molar refractivity (Wildman–Crippen MR) is 124 cm³/mol. The SMILES string of the molecule is CN=C(NCCOc1ccc(C)cc1)NCc1ncc(-c2ccccc2)[nH]1.I. The maximum atomic E-state index is 5.71. The molecule has 0 aliphatic rings. The van der Waals surface area contributed by atoms with E-state index in [9.17, 15) is 0 Å². The molecule has 3 aromatic rings. The van der Waals surface area contributed by atoms with Crippen LogP contribution in [0.15, 0.2) is 65.8 Å². The number of rotatable bonds is 7. The number of aromatic nitrogens is 2. The summed E-state index contributed by atoms with van der Waals surface area (Å²) >= 11 is 0. The zero-order chi connectivity index (χ0) is 18.9. The minimum atomic E-state index is 0. The Morgan fingerprint density at radius 1 is 1.07 bits per heavy atom. The van der Waals surface area contributed by atoms with E-state index in [1.165, 1.54) is 5.56 Å². The van der Waals surface area contributed by atoms with Gasteiger partial charge in [0.05, 0.1) is 25.0 Å². The molecule has 0 aliphatic carbocycles. The van der Waals surface area contributed by atoms with Gasteiger partial charge in [0.25, 0.3) is 0 Å². The van der Waals surface area contributed by atoms with Crippen LogP contribution in [0.2, 0.25) is 0 Å². The van der Waals surface area contributed by atoms with E-state index >= 15 is 0 Å². The number of aryl methyl sites for hydroxylation is 1. The molecular weight excluding hydrogens is 465 g/mol. The molecule has 0 fully saturated rings. The Morgan fingerprint density at radius 2 is 1.82 bits per heavy atom. The normalized spacial score (nSPS) is 10.9. The maximum absolute atomic E-state index is 5.71. The molecule has 0 bridgehead atoms. The highest BCUT2D eigenvalue weighted by atomic mass is 127. The van der Waals surface area contributed by atoms with Crippen LogP contribution in [0.1, 0.15) is 11.4 Å². The fraction of sp³-hybridized carbons (Fsp3) is 0.238. The number of H-pyrrole nitrogens is 1. The molecule has 6 nitrogen and oxygen atoms in total. The fourth-order valence-corrected chi connectivity index (χ4v) is 2.58. The molecule has 0 atom stereocenters. The number of nitrogens with zero attached hydrogens (tertiary/aromatic N) is 2. The minimum absolute atomic E-state index is 0. The van der Waals surface area contributed by atoms with Crippen molar-refractivity contribution in [3.05, 3.63) is 72.2 Å². The highest BCUT2D eigenvalue weighted by Gasteiger charge is 2.04. The predicted octanol–water partition coefficient (Wildman–Crippen LogP) is 3.75. The number of hydrogen-bond donors (Lipinski definition) is 3. The number of imidazole rings is 1. The summed E-state index contributed by atoms with van der Waals surface area (Å²) in [6.07, 6.45) is 1.85. The molecule has 3 N–H and O–H groups in total. The van der Waals surface area contributed by atoms with Gasteiger partial charge in [-0.1, -0.05) is 48.0 Å². The first-order valence-electron chi connectivity index (χ1n) is 8.98. The number of guanidine groups is 1. The van der Waals surface area contributed by atoms with Crippen molar-refractivity contribution in [2.45, 2.75) is 13.5 Å². The van der Waals surface area contributed by atoms with E-state index in [0.717, 1.165) is 22.8 Å². The average Bonchev–Trinajstić information content (AvgIpc) is 3.18. The van der Waals surface area contributed by atoms with E-state index in [4.69, 9.17) is 4.74 Å². The van der Waals surface area contributed by atoms with Crippen molar-refractivity contribution < 1.29 is 4.74 Å². The fourth-order valence-electron chi connectivity index (χ4n) is 2.58. The van der Waals surface area contributed by atoms with Gasteiger partial charge in [-0.3, -0.25) is 4.99 Å². The molecule has 0 saturated carbocycles. The third-order valence-electron chi connectivity index (χ3n) is 4.04. The Labute approximate surface area is 182 Å². The van der Waals surface area contributed by atoms with Gasteiger partial charge in [-0.15, -0.1) is 24.0 Å². The zero-order valence-corrected chi connectivity index (χ0v) is 18.4. The van der Waals surface area contributed by atoms with Gasteiger partial charge in [-0.05, 0) is 24.6 Å². The van der Waals surface area contributed by atoms with Crippen molar-refractivity contribution >= 4 is 29.9 Å². The summed E-state index contributed by atoms with van der Waals surface area (Å²) in [5.41, 5.74) is 3.34. The van der Waals surface area contributed by atoms with Crippen molar-refractivity contribution in [1.29, 1.82) is 0 Å². The number of aromatic amines is 1. The van der Waals surface area contributed by atoms with Gasteiger partial charge in [0.15, 0.2) is 5.96 Å². The van der Waals surface area contributed by atoms with Crippen LogP contribution in [0.4, 0.5) is 0 Å². The molecule has 3 rings (SSSR count). The van der Waals surface area contributed by atoms with Crippen LogP contribution in [0.5, 0.6) is 5.75 Å². The number of aliphatic imine (C=N–C) groups is 1. The monoisotopic (exact) mass is 491 g/mol. The summed E-state index contributed by atoms with van der Waals surface area (Å²) in [7, 11) is 1.74. The first kappa shape index (κ1) is 21.7. The highest BCUT2D eigenvalue weighted by molar-refractivity contribution is 14.0. The third-order valence-corrected chi connectivity index (χ3v) is 4.04. The Morgan fingerprint density at radius 3 is 2.54 bits per heavy atom. The molecule has 0 amide bonds.